The largest absolute Gasteiger partial charge is 0.390 e. The average Bonchev–Trinajstić information content (AvgIpc) is 2.80. The molecule has 2 aromatic carbocycles. The third kappa shape index (κ3) is 4.19. The molecule has 0 bridgehead atoms. The van der Waals surface area contributed by atoms with E-state index < -0.39 is 0 Å². The Balaban J connectivity index is 1.16. The van der Waals surface area contributed by atoms with E-state index in [0.29, 0.717) is 0 Å². The van der Waals surface area contributed by atoms with Crippen molar-refractivity contribution >= 4 is 16.6 Å². The van der Waals surface area contributed by atoms with Crippen molar-refractivity contribution in [2.75, 3.05) is 44.2 Å². The number of pyridine rings is 1. The molecular formula is C25H30N4O. The maximum absolute atomic E-state index is 10.9. The summed E-state index contributed by atoms with van der Waals surface area (Å²) in [6, 6.07) is 21.6. The molecule has 0 radical (unpaired) electrons. The Bertz CT molecular complexity index is 971. The lowest BCUT2D eigenvalue weighted by Gasteiger charge is -2.45. The summed E-state index contributed by atoms with van der Waals surface area (Å²) in [4.78, 5) is 11.7. The normalized spacial score (nSPS) is 23.7. The van der Waals surface area contributed by atoms with Gasteiger partial charge in [-0.25, -0.2) is 4.98 Å². The van der Waals surface area contributed by atoms with Crippen LogP contribution in [-0.4, -0.2) is 71.3 Å². The van der Waals surface area contributed by atoms with E-state index in [1.807, 2.05) is 18.3 Å². The smallest absolute Gasteiger partial charge is 0.128 e. The van der Waals surface area contributed by atoms with Gasteiger partial charge in [0, 0.05) is 58.1 Å². The maximum Gasteiger partial charge on any atom is 0.128 e. The minimum atomic E-state index is -0.291. The van der Waals surface area contributed by atoms with Gasteiger partial charge in [-0.1, -0.05) is 42.5 Å². The van der Waals surface area contributed by atoms with Crippen LogP contribution in [0.3, 0.4) is 0 Å². The van der Waals surface area contributed by atoms with E-state index >= 15 is 0 Å². The van der Waals surface area contributed by atoms with Gasteiger partial charge in [-0.05, 0) is 41.0 Å². The molecule has 0 unspecified atom stereocenters. The standard InChI is InChI=1S/C25H30N4O/c30-24-19-27(18-20-8-9-21-5-1-2-6-22(21)17-20)12-10-23(24)28-13-15-29(16-14-28)25-7-3-4-11-26-25/h1-9,11,17,23-24,30H,10,12-16,18-19H2/t23-,24-/m1/s1. The predicted molar refractivity (Wildman–Crippen MR) is 122 cm³/mol. The summed E-state index contributed by atoms with van der Waals surface area (Å²) in [6.07, 6.45) is 2.59. The highest BCUT2D eigenvalue weighted by Crippen LogP contribution is 2.23. The summed E-state index contributed by atoms with van der Waals surface area (Å²) in [5.41, 5.74) is 1.32. The Kier molecular flexibility index (Phi) is 5.67. The fourth-order valence-electron chi connectivity index (χ4n) is 4.97. The second kappa shape index (κ2) is 8.72. The highest BCUT2D eigenvalue weighted by atomic mass is 16.3. The fraction of sp³-hybridized carbons (Fsp3) is 0.400. The van der Waals surface area contributed by atoms with Gasteiger partial charge in [0.2, 0.25) is 0 Å². The van der Waals surface area contributed by atoms with Crippen LogP contribution in [0.4, 0.5) is 5.82 Å². The zero-order valence-electron chi connectivity index (χ0n) is 17.4. The van der Waals surface area contributed by atoms with Crippen LogP contribution in [0.5, 0.6) is 0 Å². The molecule has 1 N–H and O–H groups in total. The summed E-state index contributed by atoms with van der Waals surface area (Å²) in [5, 5.41) is 13.5. The first-order chi connectivity index (χ1) is 14.8. The number of β-amino-alcohol motifs (C(OH)–C–C–N with tert-alkyl or cyclic N) is 1. The average molecular weight is 403 g/mol. The monoisotopic (exact) mass is 402 g/mol. The highest BCUT2D eigenvalue weighted by molar-refractivity contribution is 5.82. The molecule has 2 aliphatic rings. The second-order valence-electron chi connectivity index (χ2n) is 8.55. The van der Waals surface area contributed by atoms with Gasteiger partial charge in [0.1, 0.15) is 5.82 Å². The zero-order chi connectivity index (χ0) is 20.3. The molecule has 3 aromatic rings. The van der Waals surface area contributed by atoms with Gasteiger partial charge in [0.15, 0.2) is 0 Å². The minimum absolute atomic E-state index is 0.267. The Morgan fingerprint density at radius 2 is 1.67 bits per heavy atom. The second-order valence-corrected chi connectivity index (χ2v) is 8.55. The van der Waals surface area contributed by atoms with Crippen molar-refractivity contribution in [3.8, 4) is 0 Å². The summed E-state index contributed by atoms with van der Waals surface area (Å²) in [5.74, 6) is 1.06. The molecule has 0 aliphatic carbocycles. The lowest BCUT2D eigenvalue weighted by atomic mass is 9.98. The molecule has 5 nitrogen and oxygen atoms in total. The van der Waals surface area contributed by atoms with Gasteiger partial charge in [0.05, 0.1) is 6.10 Å². The number of hydrogen-bond acceptors (Lipinski definition) is 5. The lowest BCUT2D eigenvalue weighted by molar-refractivity contribution is -0.0172. The number of benzene rings is 2. The highest BCUT2D eigenvalue weighted by Gasteiger charge is 2.33. The summed E-state index contributed by atoms with van der Waals surface area (Å²) >= 11 is 0. The van der Waals surface area contributed by atoms with Crippen LogP contribution in [-0.2, 0) is 6.54 Å². The third-order valence-corrected chi connectivity index (χ3v) is 6.61. The maximum atomic E-state index is 10.9. The molecule has 2 fully saturated rings. The van der Waals surface area contributed by atoms with Gasteiger partial charge in [0.25, 0.3) is 0 Å². The number of hydrogen-bond donors (Lipinski definition) is 1. The van der Waals surface area contributed by atoms with Crippen molar-refractivity contribution in [3.63, 3.8) is 0 Å². The van der Waals surface area contributed by atoms with Crippen molar-refractivity contribution in [2.45, 2.75) is 25.1 Å². The zero-order valence-corrected chi connectivity index (χ0v) is 17.4. The van der Waals surface area contributed by atoms with Gasteiger partial charge < -0.3 is 10.0 Å². The topological polar surface area (TPSA) is 42.8 Å². The van der Waals surface area contributed by atoms with Crippen molar-refractivity contribution < 1.29 is 5.11 Å². The molecule has 5 heteroatoms. The SMILES string of the molecule is O[C@@H]1CN(Cc2ccc3ccccc3c2)CC[C@H]1N1CCN(c2ccccn2)CC1. The molecule has 1 aromatic heterocycles. The Morgan fingerprint density at radius 3 is 2.43 bits per heavy atom. The summed E-state index contributed by atoms with van der Waals surface area (Å²) < 4.78 is 0. The number of nitrogens with zero attached hydrogens (tertiary/aromatic N) is 4. The molecule has 2 saturated heterocycles. The van der Waals surface area contributed by atoms with E-state index in [4.69, 9.17) is 0 Å². The van der Waals surface area contributed by atoms with Gasteiger partial charge >= 0.3 is 0 Å². The third-order valence-electron chi connectivity index (χ3n) is 6.61. The van der Waals surface area contributed by atoms with E-state index in [1.165, 1.54) is 16.3 Å². The molecule has 2 aliphatic heterocycles. The molecular weight excluding hydrogens is 372 g/mol. The van der Waals surface area contributed by atoms with Gasteiger partial charge in [-0.2, -0.15) is 0 Å². The van der Waals surface area contributed by atoms with Crippen LogP contribution in [0.1, 0.15) is 12.0 Å². The quantitative estimate of drug-likeness (QED) is 0.727. The summed E-state index contributed by atoms with van der Waals surface area (Å²) in [6.45, 7) is 6.61. The molecule has 0 saturated carbocycles. The number of anilines is 1. The van der Waals surface area contributed by atoms with E-state index in [-0.39, 0.29) is 12.1 Å². The molecule has 0 amide bonds. The van der Waals surface area contributed by atoms with Gasteiger partial charge in [-0.3, -0.25) is 9.80 Å². The van der Waals surface area contributed by atoms with E-state index in [9.17, 15) is 5.11 Å². The Morgan fingerprint density at radius 1 is 0.867 bits per heavy atom. The van der Waals surface area contributed by atoms with Crippen LogP contribution < -0.4 is 4.90 Å². The number of aliphatic hydroxyl groups excluding tert-OH is 1. The number of rotatable bonds is 4. The van der Waals surface area contributed by atoms with Crippen LogP contribution in [0.15, 0.2) is 66.9 Å². The first kappa shape index (κ1) is 19.5. The van der Waals surface area contributed by atoms with Crippen molar-refractivity contribution in [1.29, 1.82) is 0 Å². The van der Waals surface area contributed by atoms with Crippen molar-refractivity contribution in [1.82, 2.24) is 14.8 Å². The molecule has 2 atom stereocenters. The van der Waals surface area contributed by atoms with Crippen LogP contribution in [0.25, 0.3) is 10.8 Å². The first-order valence-corrected chi connectivity index (χ1v) is 11.0. The number of aliphatic hydroxyl groups is 1. The number of piperazine rings is 1. The minimum Gasteiger partial charge on any atom is -0.390 e. The van der Waals surface area contributed by atoms with E-state index in [0.717, 1.165) is 58.1 Å². The molecule has 156 valence electrons. The molecule has 0 spiro atoms. The number of fused-ring (bicyclic) bond motifs is 1. The van der Waals surface area contributed by atoms with Crippen molar-refractivity contribution in [2.24, 2.45) is 0 Å². The number of aromatic nitrogens is 1. The van der Waals surface area contributed by atoms with E-state index in [2.05, 4.69) is 68.2 Å². The fourth-order valence-corrected chi connectivity index (χ4v) is 4.97. The molecule has 30 heavy (non-hydrogen) atoms. The van der Waals surface area contributed by atoms with Crippen LogP contribution in [0.2, 0.25) is 0 Å². The predicted octanol–water partition coefficient (Wildman–Crippen LogP) is 2.99. The Hall–Kier alpha value is -2.47. The molecule has 5 rings (SSSR count). The number of likely N-dealkylation sites (tertiary alicyclic amines) is 1. The summed E-state index contributed by atoms with van der Waals surface area (Å²) in [7, 11) is 0. The number of piperidine rings is 1. The van der Waals surface area contributed by atoms with Crippen LogP contribution >= 0.6 is 0 Å². The van der Waals surface area contributed by atoms with Crippen molar-refractivity contribution in [3.05, 3.63) is 72.4 Å². The first-order valence-electron chi connectivity index (χ1n) is 11.0. The van der Waals surface area contributed by atoms with E-state index in [1.54, 1.807) is 0 Å². The van der Waals surface area contributed by atoms with Gasteiger partial charge in [-0.15, -0.1) is 0 Å². The molecule has 3 heterocycles. The Labute approximate surface area is 178 Å². The lowest BCUT2D eigenvalue weighted by Crippen LogP contribution is -2.58. The van der Waals surface area contributed by atoms with Crippen LogP contribution in [0, 0.1) is 0 Å².